The minimum absolute atomic E-state index is 0.129. The van der Waals surface area contributed by atoms with Crippen LogP contribution in [0.5, 0.6) is 0 Å². The van der Waals surface area contributed by atoms with E-state index in [0.717, 1.165) is 25.9 Å². The van der Waals surface area contributed by atoms with Crippen molar-refractivity contribution in [3.05, 3.63) is 21.9 Å². The summed E-state index contributed by atoms with van der Waals surface area (Å²) in [5, 5.41) is 7.78. The summed E-state index contributed by atoms with van der Waals surface area (Å²) < 4.78 is 0. The highest BCUT2D eigenvalue weighted by atomic mass is 32.1. The standard InChI is InChI=1S/C11H15N3O2S/c12-10(15)7-4-9(17-6-7)11(16)14-8-2-1-3-13-5-8/h4,6,8,13H,1-3,5H2,(H2,12,15)(H,14,16). The second-order valence-electron chi connectivity index (χ2n) is 4.08. The molecule has 1 aromatic rings. The molecule has 5 nitrogen and oxygen atoms in total. The van der Waals surface area contributed by atoms with Gasteiger partial charge < -0.3 is 16.4 Å². The number of amides is 2. The molecular weight excluding hydrogens is 238 g/mol. The summed E-state index contributed by atoms with van der Waals surface area (Å²) in [4.78, 5) is 23.3. The molecule has 0 spiro atoms. The number of rotatable bonds is 3. The van der Waals surface area contributed by atoms with Crippen LogP contribution in [0.4, 0.5) is 0 Å². The first kappa shape index (κ1) is 12.1. The fourth-order valence-electron chi connectivity index (χ4n) is 1.82. The molecular formula is C11H15N3O2S. The van der Waals surface area contributed by atoms with Crippen molar-refractivity contribution < 1.29 is 9.59 Å². The van der Waals surface area contributed by atoms with Crippen molar-refractivity contribution >= 4 is 23.2 Å². The van der Waals surface area contributed by atoms with Crippen LogP contribution >= 0.6 is 11.3 Å². The molecule has 2 heterocycles. The second-order valence-corrected chi connectivity index (χ2v) is 4.99. The summed E-state index contributed by atoms with van der Waals surface area (Å²) >= 11 is 1.24. The molecule has 0 aromatic carbocycles. The fraction of sp³-hybridized carbons (Fsp3) is 0.455. The van der Waals surface area contributed by atoms with Crippen molar-refractivity contribution in [2.75, 3.05) is 13.1 Å². The van der Waals surface area contributed by atoms with Gasteiger partial charge in [-0.15, -0.1) is 11.3 Å². The molecule has 1 fully saturated rings. The van der Waals surface area contributed by atoms with Gasteiger partial charge in [0, 0.05) is 18.0 Å². The number of carbonyl (C=O) groups is 2. The SMILES string of the molecule is NC(=O)c1csc(C(=O)NC2CCCNC2)c1. The van der Waals surface area contributed by atoms with Crippen molar-refractivity contribution in [2.24, 2.45) is 5.73 Å². The van der Waals surface area contributed by atoms with E-state index in [0.29, 0.717) is 10.4 Å². The monoisotopic (exact) mass is 253 g/mol. The highest BCUT2D eigenvalue weighted by Gasteiger charge is 2.18. The molecule has 17 heavy (non-hydrogen) atoms. The molecule has 6 heteroatoms. The number of thiophene rings is 1. The summed E-state index contributed by atoms with van der Waals surface area (Å²) in [7, 11) is 0. The highest BCUT2D eigenvalue weighted by Crippen LogP contribution is 2.14. The van der Waals surface area contributed by atoms with E-state index in [9.17, 15) is 9.59 Å². The summed E-state index contributed by atoms with van der Waals surface area (Å²) in [6.07, 6.45) is 2.06. The number of hydrogen-bond acceptors (Lipinski definition) is 4. The van der Waals surface area contributed by atoms with Crippen molar-refractivity contribution in [3.8, 4) is 0 Å². The predicted molar refractivity (Wildman–Crippen MR) is 66.2 cm³/mol. The first-order chi connectivity index (χ1) is 8.16. The van der Waals surface area contributed by atoms with Gasteiger partial charge in [-0.05, 0) is 25.5 Å². The Morgan fingerprint density at radius 1 is 1.53 bits per heavy atom. The number of nitrogens with one attached hydrogen (secondary N) is 2. The lowest BCUT2D eigenvalue weighted by molar-refractivity contribution is 0.0934. The third kappa shape index (κ3) is 3.04. The molecule has 0 bridgehead atoms. The van der Waals surface area contributed by atoms with Crippen molar-refractivity contribution in [1.82, 2.24) is 10.6 Å². The van der Waals surface area contributed by atoms with E-state index in [-0.39, 0.29) is 11.9 Å². The molecule has 2 rings (SSSR count). The molecule has 4 N–H and O–H groups in total. The van der Waals surface area contributed by atoms with Gasteiger partial charge in [0.15, 0.2) is 0 Å². The maximum Gasteiger partial charge on any atom is 0.261 e. The fourth-order valence-corrected chi connectivity index (χ4v) is 2.62. The lowest BCUT2D eigenvalue weighted by atomic mass is 10.1. The van der Waals surface area contributed by atoms with Crippen LogP contribution in [0.1, 0.15) is 32.9 Å². The Morgan fingerprint density at radius 2 is 2.35 bits per heavy atom. The molecule has 1 unspecified atom stereocenters. The first-order valence-corrected chi connectivity index (χ1v) is 6.44. The Balaban J connectivity index is 1.96. The van der Waals surface area contributed by atoms with E-state index in [2.05, 4.69) is 10.6 Å². The van der Waals surface area contributed by atoms with Crippen molar-refractivity contribution in [2.45, 2.75) is 18.9 Å². The average Bonchev–Trinajstić information content (AvgIpc) is 2.79. The molecule has 1 aliphatic rings. The topological polar surface area (TPSA) is 84.2 Å². The second kappa shape index (κ2) is 5.29. The number of hydrogen-bond donors (Lipinski definition) is 3. The van der Waals surface area contributed by atoms with Crippen LogP contribution in [0, 0.1) is 0 Å². The van der Waals surface area contributed by atoms with Gasteiger partial charge >= 0.3 is 0 Å². The predicted octanol–water partition coefficient (Wildman–Crippen LogP) is 0.329. The maximum absolute atomic E-state index is 11.9. The van der Waals surface area contributed by atoms with E-state index in [1.165, 1.54) is 11.3 Å². The molecule has 2 amide bonds. The molecule has 92 valence electrons. The summed E-state index contributed by atoms with van der Waals surface area (Å²) in [5.74, 6) is -0.629. The van der Waals surface area contributed by atoms with Gasteiger partial charge in [0.1, 0.15) is 0 Å². The van der Waals surface area contributed by atoms with Gasteiger partial charge in [0.2, 0.25) is 5.91 Å². The normalized spacial score (nSPS) is 19.9. The summed E-state index contributed by atoms with van der Waals surface area (Å²) in [6.45, 7) is 1.82. The molecule has 0 radical (unpaired) electrons. The van der Waals surface area contributed by atoms with Gasteiger partial charge in [-0.3, -0.25) is 9.59 Å². The van der Waals surface area contributed by atoms with Crippen LogP contribution < -0.4 is 16.4 Å². The smallest absolute Gasteiger partial charge is 0.261 e. The molecule has 0 saturated carbocycles. The van der Waals surface area contributed by atoms with Crippen molar-refractivity contribution in [3.63, 3.8) is 0 Å². The van der Waals surface area contributed by atoms with Crippen LogP contribution in [0.15, 0.2) is 11.4 Å². The van der Waals surface area contributed by atoms with Crippen LogP contribution in [-0.2, 0) is 0 Å². The Hall–Kier alpha value is -1.40. The Labute approximate surface area is 103 Å². The van der Waals surface area contributed by atoms with E-state index in [1.54, 1.807) is 11.4 Å². The van der Waals surface area contributed by atoms with Gasteiger partial charge in [-0.2, -0.15) is 0 Å². The number of piperidine rings is 1. The van der Waals surface area contributed by atoms with Crippen LogP contribution in [0.25, 0.3) is 0 Å². The third-order valence-corrected chi connectivity index (χ3v) is 3.67. The van der Waals surface area contributed by atoms with E-state index < -0.39 is 5.91 Å². The van der Waals surface area contributed by atoms with Gasteiger partial charge in [-0.25, -0.2) is 0 Å². The summed E-state index contributed by atoms with van der Waals surface area (Å²) in [5.41, 5.74) is 5.53. The lowest BCUT2D eigenvalue weighted by Gasteiger charge is -2.23. The molecule has 1 aliphatic heterocycles. The minimum Gasteiger partial charge on any atom is -0.366 e. The van der Waals surface area contributed by atoms with E-state index >= 15 is 0 Å². The average molecular weight is 253 g/mol. The number of nitrogens with two attached hydrogens (primary N) is 1. The molecule has 1 atom stereocenters. The third-order valence-electron chi connectivity index (χ3n) is 2.74. The van der Waals surface area contributed by atoms with Gasteiger partial charge in [0.05, 0.1) is 10.4 Å². The van der Waals surface area contributed by atoms with Gasteiger partial charge in [-0.1, -0.05) is 0 Å². The minimum atomic E-state index is -0.500. The van der Waals surface area contributed by atoms with E-state index in [1.807, 2.05) is 0 Å². The zero-order chi connectivity index (χ0) is 12.3. The van der Waals surface area contributed by atoms with Crippen LogP contribution in [0.2, 0.25) is 0 Å². The zero-order valence-corrected chi connectivity index (χ0v) is 10.2. The zero-order valence-electron chi connectivity index (χ0n) is 9.36. The molecule has 0 aliphatic carbocycles. The number of primary amides is 1. The molecule has 1 aromatic heterocycles. The van der Waals surface area contributed by atoms with Crippen LogP contribution in [-0.4, -0.2) is 30.9 Å². The van der Waals surface area contributed by atoms with Gasteiger partial charge in [0.25, 0.3) is 5.91 Å². The highest BCUT2D eigenvalue weighted by molar-refractivity contribution is 7.12. The maximum atomic E-state index is 11.9. The first-order valence-electron chi connectivity index (χ1n) is 5.57. The summed E-state index contributed by atoms with van der Waals surface area (Å²) in [6, 6.07) is 1.72. The van der Waals surface area contributed by atoms with E-state index in [4.69, 9.17) is 5.73 Å². The lowest BCUT2D eigenvalue weighted by Crippen LogP contribution is -2.45. The quantitative estimate of drug-likeness (QED) is 0.725. The Morgan fingerprint density at radius 3 is 2.94 bits per heavy atom. The number of carbonyl (C=O) groups excluding carboxylic acids is 2. The Kier molecular flexibility index (Phi) is 3.75. The Bertz CT molecular complexity index is 424. The largest absolute Gasteiger partial charge is 0.366 e. The molecule has 1 saturated heterocycles. The van der Waals surface area contributed by atoms with Crippen molar-refractivity contribution in [1.29, 1.82) is 0 Å². The van der Waals surface area contributed by atoms with Crippen LogP contribution in [0.3, 0.4) is 0 Å².